The fourth-order valence-corrected chi connectivity index (χ4v) is 1.95. The van der Waals surface area contributed by atoms with Gasteiger partial charge in [0.25, 0.3) is 0 Å². The lowest BCUT2D eigenvalue weighted by Gasteiger charge is -2.06. The Hall–Kier alpha value is -0.450. The van der Waals surface area contributed by atoms with Gasteiger partial charge in [0.1, 0.15) is 5.82 Å². The summed E-state index contributed by atoms with van der Waals surface area (Å²) in [5.74, 6) is 0.0919. The molecule has 1 aliphatic heterocycles. The van der Waals surface area contributed by atoms with Gasteiger partial charge < -0.3 is 4.74 Å². The van der Waals surface area contributed by atoms with Gasteiger partial charge in [-0.2, -0.15) is 0 Å². The maximum atomic E-state index is 13.0. The average molecular weight is 251 g/mol. The summed E-state index contributed by atoms with van der Waals surface area (Å²) in [5.41, 5.74) is 0. The Morgan fingerprint density at radius 1 is 1.33 bits per heavy atom. The molecule has 0 saturated carbocycles. The molecule has 2 rings (SSSR count). The van der Waals surface area contributed by atoms with Crippen LogP contribution in [-0.4, -0.2) is 23.2 Å². The van der Waals surface area contributed by atoms with Crippen molar-refractivity contribution < 1.29 is 9.13 Å². The summed E-state index contributed by atoms with van der Waals surface area (Å²) in [5, 5.41) is -0.437. The van der Waals surface area contributed by atoms with Gasteiger partial charge in [-0.15, -0.1) is 0 Å². The summed E-state index contributed by atoms with van der Waals surface area (Å²) in [6.45, 7) is 1.45. The largest absolute Gasteiger partial charge is 0.381 e. The number of hydrogen-bond acceptors (Lipinski definition) is 3. The van der Waals surface area contributed by atoms with E-state index in [-0.39, 0.29) is 10.3 Å². The highest BCUT2D eigenvalue weighted by atomic mass is 35.5. The molecule has 0 N–H and O–H groups in total. The van der Waals surface area contributed by atoms with Gasteiger partial charge in [-0.25, -0.2) is 14.4 Å². The van der Waals surface area contributed by atoms with Crippen LogP contribution in [-0.2, 0) is 11.2 Å². The number of rotatable bonds is 2. The summed E-state index contributed by atoms with van der Waals surface area (Å²) in [6.07, 6.45) is 1.59. The Morgan fingerprint density at radius 2 is 2.00 bits per heavy atom. The fourth-order valence-electron chi connectivity index (χ4n) is 1.53. The number of hydrogen-bond donors (Lipinski definition) is 0. The Bertz CT molecular complexity index is 346. The van der Waals surface area contributed by atoms with E-state index >= 15 is 0 Å². The standard InChI is InChI=1S/C9H9Cl2FN2O/c10-8-7(12)9(11)14-6(13-8)3-5-1-2-15-4-5/h5H,1-4H2. The molecule has 1 fully saturated rings. The van der Waals surface area contributed by atoms with Gasteiger partial charge in [-0.05, 0) is 12.3 Å². The van der Waals surface area contributed by atoms with E-state index < -0.39 is 5.82 Å². The first-order valence-electron chi connectivity index (χ1n) is 4.62. The van der Waals surface area contributed by atoms with Crippen molar-refractivity contribution in [3.63, 3.8) is 0 Å². The molecule has 1 aromatic rings. The summed E-state index contributed by atoms with van der Waals surface area (Å²) < 4.78 is 18.2. The van der Waals surface area contributed by atoms with E-state index in [1.54, 1.807) is 0 Å². The first-order chi connectivity index (χ1) is 7.16. The molecule has 0 spiro atoms. The molecule has 1 aromatic heterocycles. The second kappa shape index (κ2) is 4.60. The molecule has 1 saturated heterocycles. The fraction of sp³-hybridized carbons (Fsp3) is 0.556. The number of aromatic nitrogens is 2. The van der Waals surface area contributed by atoms with Crippen molar-refractivity contribution in [2.24, 2.45) is 5.92 Å². The Labute approximate surface area is 96.6 Å². The third kappa shape index (κ3) is 2.56. The Morgan fingerprint density at radius 3 is 2.53 bits per heavy atom. The molecule has 15 heavy (non-hydrogen) atoms. The highest BCUT2D eigenvalue weighted by Crippen LogP contribution is 2.22. The van der Waals surface area contributed by atoms with Gasteiger partial charge in [0.2, 0.25) is 0 Å². The molecule has 0 aliphatic carbocycles. The zero-order valence-corrected chi connectivity index (χ0v) is 9.35. The summed E-state index contributed by atoms with van der Waals surface area (Å²) in [6, 6.07) is 0. The molecule has 2 heterocycles. The lowest BCUT2D eigenvalue weighted by atomic mass is 10.1. The smallest absolute Gasteiger partial charge is 0.197 e. The van der Waals surface area contributed by atoms with Crippen LogP contribution >= 0.6 is 23.2 Å². The van der Waals surface area contributed by atoms with Crippen molar-refractivity contribution >= 4 is 23.2 Å². The van der Waals surface area contributed by atoms with Gasteiger partial charge >= 0.3 is 0 Å². The van der Waals surface area contributed by atoms with Crippen molar-refractivity contribution in [2.75, 3.05) is 13.2 Å². The Kier molecular flexibility index (Phi) is 3.38. The van der Waals surface area contributed by atoms with Crippen molar-refractivity contribution in [2.45, 2.75) is 12.8 Å². The van der Waals surface area contributed by atoms with Crippen LogP contribution in [0, 0.1) is 11.7 Å². The Balaban J connectivity index is 2.14. The van der Waals surface area contributed by atoms with E-state index in [0.717, 1.165) is 13.0 Å². The maximum Gasteiger partial charge on any atom is 0.197 e. The molecule has 0 radical (unpaired) electrons. The van der Waals surface area contributed by atoms with Crippen molar-refractivity contribution in [1.29, 1.82) is 0 Å². The maximum absolute atomic E-state index is 13.0. The molecule has 1 aliphatic rings. The average Bonchev–Trinajstić information content (AvgIpc) is 2.66. The minimum Gasteiger partial charge on any atom is -0.381 e. The molecular weight excluding hydrogens is 242 g/mol. The van der Waals surface area contributed by atoms with Gasteiger partial charge in [-0.3, -0.25) is 0 Å². The number of nitrogens with zero attached hydrogens (tertiary/aromatic N) is 2. The van der Waals surface area contributed by atoms with Gasteiger partial charge in [0.05, 0.1) is 0 Å². The minimum absolute atomic E-state index is 0.219. The van der Waals surface area contributed by atoms with Crippen molar-refractivity contribution in [3.8, 4) is 0 Å². The predicted molar refractivity (Wildman–Crippen MR) is 54.6 cm³/mol. The van der Waals surface area contributed by atoms with Crippen LogP contribution in [0.3, 0.4) is 0 Å². The van der Waals surface area contributed by atoms with E-state index in [2.05, 4.69) is 9.97 Å². The summed E-state index contributed by atoms with van der Waals surface area (Å²) in [7, 11) is 0. The predicted octanol–water partition coefficient (Wildman–Crippen LogP) is 2.50. The minimum atomic E-state index is -0.759. The highest BCUT2D eigenvalue weighted by molar-refractivity contribution is 6.33. The first kappa shape index (κ1) is 11.0. The van der Waals surface area contributed by atoms with E-state index in [1.165, 1.54) is 0 Å². The molecule has 82 valence electrons. The third-order valence-electron chi connectivity index (χ3n) is 2.31. The molecule has 0 amide bonds. The van der Waals surface area contributed by atoms with E-state index in [4.69, 9.17) is 27.9 Å². The lowest BCUT2D eigenvalue weighted by Crippen LogP contribution is -2.08. The number of ether oxygens (including phenoxy) is 1. The highest BCUT2D eigenvalue weighted by Gasteiger charge is 2.19. The topological polar surface area (TPSA) is 35.0 Å². The molecule has 6 heteroatoms. The quantitative estimate of drug-likeness (QED) is 0.757. The van der Waals surface area contributed by atoms with Gasteiger partial charge in [0.15, 0.2) is 16.1 Å². The van der Waals surface area contributed by atoms with Crippen LogP contribution in [0.5, 0.6) is 0 Å². The zero-order valence-electron chi connectivity index (χ0n) is 7.84. The van der Waals surface area contributed by atoms with Crippen LogP contribution in [0.25, 0.3) is 0 Å². The van der Waals surface area contributed by atoms with Crippen molar-refractivity contribution in [3.05, 3.63) is 21.9 Å². The van der Waals surface area contributed by atoms with Gasteiger partial charge in [-0.1, -0.05) is 23.2 Å². The molecule has 1 atom stereocenters. The van der Waals surface area contributed by atoms with Gasteiger partial charge in [0, 0.05) is 19.6 Å². The van der Waals surface area contributed by atoms with E-state index in [1.807, 2.05) is 0 Å². The summed E-state index contributed by atoms with van der Waals surface area (Å²) >= 11 is 11.1. The normalized spacial score (nSPS) is 20.9. The zero-order chi connectivity index (χ0) is 10.8. The lowest BCUT2D eigenvalue weighted by molar-refractivity contribution is 0.185. The second-order valence-electron chi connectivity index (χ2n) is 3.47. The summed E-state index contributed by atoms with van der Waals surface area (Å²) in [4.78, 5) is 7.67. The number of halogens is 3. The van der Waals surface area contributed by atoms with E-state index in [9.17, 15) is 4.39 Å². The van der Waals surface area contributed by atoms with E-state index in [0.29, 0.717) is 24.8 Å². The molecule has 0 aromatic carbocycles. The third-order valence-corrected chi connectivity index (χ3v) is 2.81. The molecule has 1 unspecified atom stereocenters. The van der Waals surface area contributed by atoms with Crippen LogP contribution < -0.4 is 0 Å². The molecular formula is C9H9Cl2FN2O. The first-order valence-corrected chi connectivity index (χ1v) is 5.37. The second-order valence-corrected chi connectivity index (χ2v) is 4.19. The molecule has 0 bridgehead atoms. The van der Waals surface area contributed by atoms with Crippen LogP contribution in [0.4, 0.5) is 4.39 Å². The molecule has 3 nitrogen and oxygen atoms in total. The van der Waals surface area contributed by atoms with Crippen LogP contribution in [0.2, 0.25) is 10.3 Å². The van der Waals surface area contributed by atoms with Crippen LogP contribution in [0.15, 0.2) is 0 Å². The SMILES string of the molecule is Fc1c(Cl)nc(CC2CCOC2)nc1Cl. The van der Waals surface area contributed by atoms with Crippen molar-refractivity contribution in [1.82, 2.24) is 9.97 Å². The monoisotopic (exact) mass is 250 g/mol. The van der Waals surface area contributed by atoms with Crippen LogP contribution in [0.1, 0.15) is 12.2 Å².